The number of ether oxygens (including phenoxy) is 1. The van der Waals surface area contributed by atoms with Gasteiger partial charge in [0, 0.05) is 45.3 Å². The van der Waals surface area contributed by atoms with Gasteiger partial charge < -0.3 is 14.5 Å². The first-order valence-corrected chi connectivity index (χ1v) is 13.8. The summed E-state index contributed by atoms with van der Waals surface area (Å²) < 4.78 is 6.17. The predicted molar refractivity (Wildman–Crippen MR) is 133 cm³/mol. The van der Waals surface area contributed by atoms with E-state index in [1.165, 1.54) is 117 Å². The van der Waals surface area contributed by atoms with Gasteiger partial charge in [0.25, 0.3) is 0 Å². The third-order valence-electron chi connectivity index (χ3n) is 8.61. The molecule has 0 aromatic heterocycles. The van der Waals surface area contributed by atoms with Crippen molar-refractivity contribution >= 4 is 0 Å². The number of aryl methyl sites for hydroxylation is 1. The molecule has 4 nitrogen and oxygen atoms in total. The highest BCUT2D eigenvalue weighted by Gasteiger charge is 2.25. The summed E-state index contributed by atoms with van der Waals surface area (Å²) in [6, 6.07) is 7.80. The maximum Gasteiger partial charge on any atom is 0.119 e. The monoisotopic (exact) mass is 439 g/mol. The molecule has 0 N–H and O–H groups in total. The van der Waals surface area contributed by atoms with Crippen molar-refractivity contribution in [1.82, 2.24) is 14.7 Å². The first-order chi connectivity index (χ1) is 15.8. The largest absolute Gasteiger partial charge is 0.494 e. The summed E-state index contributed by atoms with van der Waals surface area (Å²) in [5, 5.41) is 0. The molecule has 1 unspecified atom stereocenters. The van der Waals surface area contributed by atoms with Crippen molar-refractivity contribution < 1.29 is 4.74 Å². The van der Waals surface area contributed by atoms with Crippen LogP contribution in [-0.2, 0) is 12.8 Å². The summed E-state index contributed by atoms with van der Waals surface area (Å²) in [4.78, 5) is 8.11. The first kappa shape index (κ1) is 22.7. The summed E-state index contributed by atoms with van der Waals surface area (Å²) in [7, 11) is 0. The Bertz CT molecular complexity index is 703. The number of nitrogens with zero attached hydrogens (tertiary/aromatic N) is 3. The fourth-order valence-corrected chi connectivity index (χ4v) is 6.66. The highest BCUT2D eigenvalue weighted by molar-refractivity contribution is 5.37. The van der Waals surface area contributed by atoms with Crippen LogP contribution in [0.3, 0.4) is 0 Å². The molecule has 1 saturated carbocycles. The van der Waals surface area contributed by atoms with Gasteiger partial charge in [0.15, 0.2) is 0 Å². The molecular weight excluding hydrogens is 394 g/mol. The second-order valence-electron chi connectivity index (χ2n) is 10.9. The van der Waals surface area contributed by atoms with Gasteiger partial charge in [0.05, 0.1) is 6.61 Å². The molecule has 4 heteroatoms. The van der Waals surface area contributed by atoms with E-state index < -0.39 is 0 Å². The van der Waals surface area contributed by atoms with Crippen molar-refractivity contribution in [1.29, 1.82) is 0 Å². The van der Waals surface area contributed by atoms with Gasteiger partial charge in [-0.2, -0.15) is 0 Å². The molecule has 3 fully saturated rings. The SMILES string of the molecule is c1cc2c(cc1OCCCN1CCN(C3CCCCC3)CC1)CCC(CN1CCCC1)C2. The lowest BCUT2D eigenvalue weighted by molar-refractivity contribution is 0.0763. The van der Waals surface area contributed by atoms with Gasteiger partial charge in [-0.15, -0.1) is 0 Å². The molecule has 2 aliphatic heterocycles. The fourth-order valence-electron chi connectivity index (χ4n) is 6.66. The molecule has 1 aromatic rings. The molecule has 32 heavy (non-hydrogen) atoms. The van der Waals surface area contributed by atoms with Crippen LogP contribution in [0.25, 0.3) is 0 Å². The van der Waals surface area contributed by atoms with Crippen LogP contribution in [0.1, 0.15) is 68.9 Å². The van der Waals surface area contributed by atoms with Crippen molar-refractivity contribution in [3.63, 3.8) is 0 Å². The Labute approximate surface area is 196 Å². The normalized spacial score (nSPS) is 26.3. The Morgan fingerprint density at radius 1 is 0.781 bits per heavy atom. The van der Waals surface area contributed by atoms with Gasteiger partial charge in [0.2, 0.25) is 0 Å². The quantitative estimate of drug-likeness (QED) is 0.551. The molecule has 5 rings (SSSR count). The van der Waals surface area contributed by atoms with Crippen LogP contribution >= 0.6 is 0 Å². The van der Waals surface area contributed by atoms with Crippen LogP contribution in [-0.4, -0.2) is 79.7 Å². The van der Waals surface area contributed by atoms with Crippen LogP contribution in [0.15, 0.2) is 18.2 Å². The van der Waals surface area contributed by atoms with Crippen LogP contribution in [0, 0.1) is 5.92 Å². The zero-order valence-corrected chi connectivity index (χ0v) is 20.3. The lowest BCUT2D eigenvalue weighted by Crippen LogP contribution is -2.50. The minimum atomic E-state index is 0.846. The van der Waals surface area contributed by atoms with Gasteiger partial charge in [0.1, 0.15) is 5.75 Å². The lowest BCUT2D eigenvalue weighted by Gasteiger charge is -2.40. The molecule has 1 aromatic carbocycles. The van der Waals surface area contributed by atoms with Crippen LogP contribution < -0.4 is 4.74 Å². The zero-order chi connectivity index (χ0) is 21.6. The number of hydrogen-bond donors (Lipinski definition) is 0. The van der Waals surface area contributed by atoms with Crippen LogP contribution in [0.2, 0.25) is 0 Å². The van der Waals surface area contributed by atoms with Crippen molar-refractivity contribution in [2.75, 3.05) is 59.0 Å². The number of likely N-dealkylation sites (tertiary alicyclic amines) is 1. The Balaban J connectivity index is 0.993. The Morgan fingerprint density at radius 2 is 1.59 bits per heavy atom. The highest BCUT2D eigenvalue weighted by Crippen LogP contribution is 2.30. The van der Waals surface area contributed by atoms with E-state index in [0.717, 1.165) is 30.7 Å². The Hall–Kier alpha value is -1.10. The Kier molecular flexibility index (Phi) is 8.05. The van der Waals surface area contributed by atoms with Crippen molar-refractivity contribution in [3.05, 3.63) is 29.3 Å². The maximum absolute atomic E-state index is 6.17. The average molecular weight is 440 g/mol. The molecule has 178 valence electrons. The summed E-state index contributed by atoms with van der Waals surface area (Å²) >= 11 is 0. The maximum atomic E-state index is 6.17. The van der Waals surface area contributed by atoms with Gasteiger partial charge in [-0.05, 0) is 93.6 Å². The topological polar surface area (TPSA) is 19.0 Å². The van der Waals surface area contributed by atoms with E-state index in [0.29, 0.717) is 0 Å². The number of rotatable bonds is 8. The first-order valence-electron chi connectivity index (χ1n) is 13.8. The van der Waals surface area contributed by atoms with E-state index in [4.69, 9.17) is 4.74 Å². The highest BCUT2D eigenvalue weighted by atomic mass is 16.5. The van der Waals surface area contributed by atoms with E-state index >= 15 is 0 Å². The van der Waals surface area contributed by atoms with Gasteiger partial charge >= 0.3 is 0 Å². The third kappa shape index (κ3) is 6.07. The van der Waals surface area contributed by atoms with Gasteiger partial charge in [-0.25, -0.2) is 0 Å². The minimum absolute atomic E-state index is 0.846. The van der Waals surface area contributed by atoms with Crippen molar-refractivity contribution in [2.24, 2.45) is 5.92 Å². The van der Waals surface area contributed by atoms with E-state index in [-0.39, 0.29) is 0 Å². The fraction of sp³-hybridized carbons (Fsp3) is 0.786. The van der Waals surface area contributed by atoms with Gasteiger partial charge in [-0.1, -0.05) is 25.3 Å². The zero-order valence-electron chi connectivity index (χ0n) is 20.3. The molecule has 2 heterocycles. The summed E-state index contributed by atoms with van der Waals surface area (Å²) in [5.41, 5.74) is 3.11. The van der Waals surface area contributed by atoms with Crippen LogP contribution in [0.5, 0.6) is 5.75 Å². The molecule has 4 aliphatic rings. The smallest absolute Gasteiger partial charge is 0.119 e. The molecule has 0 bridgehead atoms. The molecular formula is C28H45N3O. The van der Waals surface area contributed by atoms with E-state index in [9.17, 15) is 0 Å². The van der Waals surface area contributed by atoms with Crippen molar-refractivity contribution in [3.8, 4) is 5.75 Å². The van der Waals surface area contributed by atoms with Crippen LogP contribution in [0.4, 0.5) is 0 Å². The molecule has 2 aliphatic carbocycles. The molecule has 2 saturated heterocycles. The average Bonchev–Trinajstić information content (AvgIpc) is 3.36. The summed E-state index contributed by atoms with van der Waals surface area (Å²) in [5.74, 6) is 1.94. The van der Waals surface area contributed by atoms with E-state index in [1.807, 2.05) is 0 Å². The van der Waals surface area contributed by atoms with Gasteiger partial charge in [-0.3, -0.25) is 4.90 Å². The molecule has 0 spiro atoms. The van der Waals surface area contributed by atoms with Crippen molar-refractivity contribution in [2.45, 2.75) is 76.7 Å². The number of fused-ring (bicyclic) bond motifs is 1. The minimum Gasteiger partial charge on any atom is -0.494 e. The molecule has 0 radical (unpaired) electrons. The Morgan fingerprint density at radius 3 is 2.41 bits per heavy atom. The second-order valence-corrected chi connectivity index (χ2v) is 10.9. The number of piperazine rings is 1. The second kappa shape index (κ2) is 11.4. The summed E-state index contributed by atoms with van der Waals surface area (Å²) in [6.07, 6.45) is 15.0. The molecule has 1 atom stereocenters. The number of hydrogen-bond acceptors (Lipinski definition) is 4. The number of benzene rings is 1. The summed E-state index contributed by atoms with van der Waals surface area (Å²) in [6.45, 7) is 11.0. The predicted octanol–water partition coefficient (Wildman–Crippen LogP) is 4.61. The molecule has 0 amide bonds. The third-order valence-corrected chi connectivity index (χ3v) is 8.61. The van der Waals surface area contributed by atoms with E-state index in [1.54, 1.807) is 11.1 Å². The standard InChI is InChI=1S/C28H45N3O/c1-2-7-27(8-3-1)31-18-16-29(17-19-31)15-6-20-32-28-12-11-25-21-24(9-10-26(25)22-28)23-30-13-4-5-14-30/h11-12,22,24,27H,1-10,13-21,23H2. The van der Waals surface area contributed by atoms with E-state index in [2.05, 4.69) is 32.9 Å². The lowest BCUT2D eigenvalue weighted by atomic mass is 9.83.